The Morgan fingerprint density at radius 1 is 1.43 bits per heavy atom. The molecule has 0 spiro atoms. The van der Waals surface area contributed by atoms with Gasteiger partial charge in [0.1, 0.15) is 4.88 Å². The standard InChI is InChI=1S/C15H17ClN2O2S/c1-3-20-15(19)14-12(17)8-13(21-14)18(2)9-10-5-4-6-11(16)7-10/h4-8H,3,9,17H2,1-2H3. The monoisotopic (exact) mass is 324 g/mol. The summed E-state index contributed by atoms with van der Waals surface area (Å²) in [6, 6.07) is 9.47. The summed E-state index contributed by atoms with van der Waals surface area (Å²) in [5.41, 5.74) is 7.43. The van der Waals surface area contributed by atoms with Gasteiger partial charge in [-0.05, 0) is 30.7 Å². The number of halogens is 1. The molecule has 1 heterocycles. The Hall–Kier alpha value is -1.72. The van der Waals surface area contributed by atoms with Crippen LogP contribution in [0.5, 0.6) is 0 Å². The summed E-state index contributed by atoms with van der Waals surface area (Å²) in [5.74, 6) is -0.373. The third-order valence-electron chi connectivity index (χ3n) is 2.89. The normalized spacial score (nSPS) is 10.4. The van der Waals surface area contributed by atoms with Gasteiger partial charge in [0.15, 0.2) is 0 Å². The Labute approximate surface area is 133 Å². The molecule has 0 aliphatic heterocycles. The maximum Gasteiger partial charge on any atom is 0.350 e. The van der Waals surface area contributed by atoms with Crippen LogP contribution in [0, 0.1) is 0 Å². The summed E-state index contributed by atoms with van der Waals surface area (Å²) in [6.07, 6.45) is 0. The van der Waals surface area contributed by atoms with Crippen LogP contribution in [0.25, 0.3) is 0 Å². The minimum Gasteiger partial charge on any atom is -0.462 e. The molecule has 2 N–H and O–H groups in total. The Morgan fingerprint density at radius 2 is 2.19 bits per heavy atom. The molecule has 112 valence electrons. The molecule has 0 atom stereocenters. The highest BCUT2D eigenvalue weighted by atomic mass is 35.5. The van der Waals surface area contributed by atoms with E-state index in [0.717, 1.165) is 10.6 Å². The zero-order valence-corrected chi connectivity index (χ0v) is 13.5. The first-order valence-corrected chi connectivity index (χ1v) is 7.72. The van der Waals surface area contributed by atoms with Crippen LogP contribution in [0.2, 0.25) is 5.02 Å². The zero-order chi connectivity index (χ0) is 15.4. The van der Waals surface area contributed by atoms with Crippen molar-refractivity contribution >= 4 is 39.6 Å². The van der Waals surface area contributed by atoms with Crippen LogP contribution in [0.1, 0.15) is 22.2 Å². The molecule has 21 heavy (non-hydrogen) atoms. The highest BCUT2D eigenvalue weighted by molar-refractivity contribution is 7.18. The minimum absolute atomic E-state index is 0.337. The summed E-state index contributed by atoms with van der Waals surface area (Å²) in [4.78, 5) is 14.2. The molecular weight excluding hydrogens is 308 g/mol. The molecule has 0 aliphatic rings. The molecule has 6 heteroatoms. The van der Waals surface area contributed by atoms with Crippen LogP contribution in [0.4, 0.5) is 10.7 Å². The molecular formula is C15H17ClN2O2S. The number of nitrogens with two attached hydrogens (primary N) is 1. The largest absolute Gasteiger partial charge is 0.462 e. The van der Waals surface area contributed by atoms with E-state index in [0.29, 0.717) is 28.7 Å². The lowest BCUT2D eigenvalue weighted by Gasteiger charge is -2.17. The van der Waals surface area contributed by atoms with Gasteiger partial charge in [0, 0.05) is 18.6 Å². The van der Waals surface area contributed by atoms with Gasteiger partial charge in [0.25, 0.3) is 0 Å². The summed E-state index contributed by atoms with van der Waals surface area (Å²) in [5, 5.41) is 1.62. The van der Waals surface area contributed by atoms with Gasteiger partial charge in [-0.15, -0.1) is 11.3 Å². The Kier molecular flexibility index (Phi) is 5.09. The number of ether oxygens (including phenoxy) is 1. The Bertz CT molecular complexity index is 642. The highest BCUT2D eigenvalue weighted by Gasteiger charge is 2.17. The van der Waals surface area contributed by atoms with Crippen LogP contribution < -0.4 is 10.6 Å². The van der Waals surface area contributed by atoms with Crippen LogP contribution in [-0.4, -0.2) is 19.6 Å². The van der Waals surface area contributed by atoms with Crippen molar-refractivity contribution in [3.05, 3.63) is 45.8 Å². The third-order valence-corrected chi connectivity index (χ3v) is 4.37. The number of carbonyl (C=O) groups excluding carboxylic acids is 1. The molecule has 0 saturated heterocycles. The van der Waals surface area contributed by atoms with E-state index in [1.54, 1.807) is 13.0 Å². The molecule has 2 rings (SSSR count). The molecule has 0 unspecified atom stereocenters. The average Bonchev–Trinajstić information content (AvgIpc) is 2.81. The molecule has 0 amide bonds. The maximum absolute atomic E-state index is 11.8. The van der Waals surface area contributed by atoms with E-state index >= 15 is 0 Å². The van der Waals surface area contributed by atoms with Gasteiger partial charge < -0.3 is 15.4 Å². The first-order valence-electron chi connectivity index (χ1n) is 6.53. The first kappa shape index (κ1) is 15.7. The second-order valence-corrected chi connectivity index (χ2v) is 6.04. The molecule has 2 aromatic rings. The lowest BCUT2D eigenvalue weighted by molar-refractivity contribution is 0.0533. The van der Waals surface area contributed by atoms with Crippen molar-refractivity contribution < 1.29 is 9.53 Å². The van der Waals surface area contributed by atoms with Gasteiger partial charge in [0.2, 0.25) is 0 Å². The van der Waals surface area contributed by atoms with Gasteiger partial charge in [-0.1, -0.05) is 23.7 Å². The fourth-order valence-corrected chi connectivity index (χ4v) is 3.07. The lowest BCUT2D eigenvalue weighted by atomic mass is 10.2. The van der Waals surface area contributed by atoms with Crippen LogP contribution >= 0.6 is 22.9 Å². The molecule has 0 radical (unpaired) electrons. The van der Waals surface area contributed by atoms with Crippen LogP contribution in [0.15, 0.2) is 30.3 Å². The summed E-state index contributed by atoms with van der Waals surface area (Å²) >= 11 is 7.32. The Morgan fingerprint density at radius 3 is 2.86 bits per heavy atom. The van der Waals surface area contributed by atoms with E-state index in [1.165, 1.54) is 11.3 Å². The fourth-order valence-electron chi connectivity index (χ4n) is 1.92. The van der Waals surface area contributed by atoms with Gasteiger partial charge in [-0.2, -0.15) is 0 Å². The minimum atomic E-state index is -0.373. The second kappa shape index (κ2) is 6.83. The number of benzene rings is 1. The molecule has 0 saturated carbocycles. The van der Waals surface area contributed by atoms with Crippen molar-refractivity contribution in [1.82, 2.24) is 0 Å². The average molecular weight is 325 g/mol. The van der Waals surface area contributed by atoms with E-state index in [9.17, 15) is 4.79 Å². The van der Waals surface area contributed by atoms with Gasteiger partial charge >= 0.3 is 5.97 Å². The Balaban J connectivity index is 2.14. The number of nitrogen functional groups attached to an aromatic ring is 1. The summed E-state index contributed by atoms with van der Waals surface area (Å²) < 4.78 is 4.99. The van der Waals surface area contributed by atoms with Crippen molar-refractivity contribution in [2.24, 2.45) is 0 Å². The van der Waals surface area contributed by atoms with Crippen molar-refractivity contribution in [2.45, 2.75) is 13.5 Å². The van der Waals surface area contributed by atoms with E-state index in [4.69, 9.17) is 22.1 Å². The predicted molar refractivity (Wildman–Crippen MR) is 88.2 cm³/mol. The topological polar surface area (TPSA) is 55.6 Å². The van der Waals surface area contributed by atoms with Crippen molar-refractivity contribution in [3.63, 3.8) is 0 Å². The number of nitrogens with zero attached hydrogens (tertiary/aromatic N) is 1. The summed E-state index contributed by atoms with van der Waals surface area (Å²) in [6.45, 7) is 2.79. The smallest absolute Gasteiger partial charge is 0.350 e. The number of thiophene rings is 1. The van der Waals surface area contributed by atoms with Crippen LogP contribution in [-0.2, 0) is 11.3 Å². The van der Waals surface area contributed by atoms with Crippen molar-refractivity contribution in [3.8, 4) is 0 Å². The van der Waals surface area contributed by atoms with E-state index in [-0.39, 0.29) is 5.97 Å². The summed E-state index contributed by atoms with van der Waals surface area (Å²) in [7, 11) is 1.95. The predicted octanol–water partition coefficient (Wildman–Crippen LogP) is 3.80. The highest BCUT2D eigenvalue weighted by Crippen LogP contribution is 2.33. The molecule has 1 aromatic carbocycles. The molecule has 0 bridgehead atoms. The number of carbonyl (C=O) groups is 1. The van der Waals surface area contributed by atoms with Gasteiger partial charge in [-0.3, -0.25) is 0 Å². The van der Waals surface area contributed by atoms with E-state index in [2.05, 4.69) is 0 Å². The molecule has 0 fully saturated rings. The molecule has 1 aromatic heterocycles. The first-order chi connectivity index (χ1) is 10.0. The fraction of sp³-hybridized carbons (Fsp3) is 0.267. The van der Waals surface area contributed by atoms with Gasteiger partial charge in [-0.25, -0.2) is 4.79 Å². The number of hydrogen-bond acceptors (Lipinski definition) is 5. The van der Waals surface area contributed by atoms with E-state index in [1.807, 2.05) is 36.2 Å². The van der Waals surface area contributed by atoms with Crippen molar-refractivity contribution in [1.29, 1.82) is 0 Å². The zero-order valence-electron chi connectivity index (χ0n) is 11.9. The van der Waals surface area contributed by atoms with Gasteiger partial charge in [0.05, 0.1) is 17.3 Å². The van der Waals surface area contributed by atoms with E-state index < -0.39 is 0 Å². The third kappa shape index (κ3) is 3.89. The quantitative estimate of drug-likeness (QED) is 0.850. The number of esters is 1. The second-order valence-electron chi connectivity index (χ2n) is 4.58. The number of hydrogen-bond donors (Lipinski definition) is 1. The SMILES string of the molecule is CCOC(=O)c1sc(N(C)Cc2cccc(Cl)c2)cc1N. The maximum atomic E-state index is 11.8. The molecule has 0 aliphatic carbocycles. The molecule has 4 nitrogen and oxygen atoms in total. The lowest BCUT2D eigenvalue weighted by Crippen LogP contribution is -2.14. The van der Waals surface area contributed by atoms with Crippen LogP contribution in [0.3, 0.4) is 0 Å². The van der Waals surface area contributed by atoms with Crippen molar-refractivity contribution in [2.75, 3.05) is 24.3 Å². The number of anilines is 2. The number of rotatable bonds is 5.